The number of nitrogens with zero attached hydrogens (tertiary/aromatic N) is 1. The molecule has 1 aliphatic heterocycles. The zero-order chi connectivity index (χ0) is 14.2. The summed E-state index contributed by atoms with van der Waals surface area (Å²) < 4.78 is 0. The molecule has 2 unspecified atom stereocenters. The Labute approximate surface area is 124 Å². The Morgan fingerprint density at radius 1 is 1.30 bits per heavy atom. The van der Waals surface area contributed by atoms with Gasteiger partial charge in [-0.2, -0.15) is 0 Å². The maximum Gasteiger partial charge on any atom is 0.0332 e. The average Bonchev–Trinajstić information content (AvgIpc) is 2.48. The molecule has 2 rings (SSSR count). The summed E-state index contributed by atoms with van der Waals surface area (Å²) in [5, 5.41) is 3.71. The lowest BCUT2D eigenvalue weighted by Crippen LogP contribution is -2.36. The molecule has 1 heterocycles. The molecule has 1 fully saturated rings. The van der Waals surface area contributed by atoms with E-state index >= 15 is 0 Å². The van der Waals surface area contributed by atoms with E-state index in [4.69, 9.17) is 0 Å². The predicted octanol–water partition coefficient (Wildman–Crippen LogP) is 3.85. The van der Waals surface area contributed by atoms with Crippen molar-refractivity contribution in [2.45, 2.75) is 45.6 Å². The molecule has 1 aromatic rings. The molecule has 1 aliphatic rings. The van der Waals surface area contributed by atoms with Gasteiger partial charge in [0.15, 0.2) is 0 Å². The van der Waals surface area contributed by atoms with Crippen molar-refractivity contribution < 1.29 is 0 Å². The van der Waals surface area contributed by atoms with Crippen LogP contribution < -0.4 is 5.32 Å². The fraction of sp³-hybridized carbons (Fsp3) is 0.667. The summed E-state index contributed by atoms with van der Waals surface area (Å²) >= 11 is 0. The largest absolute Gasteiger partial charge is 0.310 e. The maximum absolute atomic E-state index is 3.71. The Balaban J connectivity index is 1.87. The van der Waals surface area contributed by atoms with Gasteiger partial charge in [0.25, 0.3) is 0 Å². The Bertz CT molecular complexity index is 363. The number of nitrogens with one attached hydrogen (secondary N) is 1. The van der Waals surface area contributed by atoms with Crippen molar-refractivity contribution in [3.8, 4) is 0 Å². The van der Waals surface area contributed by atoms with Crippen LogP contribution in [-0.4, -0.2) is 31.1 Å². The number of likely N-dealkylation sites (tertiary alicyclic amines) is 1. The van der Waals surface area contributed by atoms with Crippen LogP contribution in [-0.2, 0) is 0 Å². The van der Waals surface area contributed by atoms with Crippen molar-refractivity contribution >= 4 is 0 Å². The summed E-state index contributed by atoms with van der Waals surface area (Å²) in [7, 11) is 0. The van der Waals surface area contributed by atoms with Crippen molar-refractivity contribution in [3.05, 3.63) is 35.9 Å². The molecular formula is C18H30N2. The minimum Gasteiger partial charge on any atom is -0.310 e. The van der Waals surface area contributed by atoms with Crippen molar-refractivity contribution in [2.24, 2.45) is 5.92 Å². The van der Waals surface area contributed by atoms with Gasteiger partial charge >= 0.3 is 0 Å². The molecule has 2 nitrogen and oxygen atoms in total. The summed E-state index contributed by atoms with van der Waals surface area (Å²) in [4.78, 5) is 2.65. The quantitative estimate of drug-likeness (QED) is 0.812. The van der Waals surface area contributed by atoms with Gasteiger partial charge in [0.1, 0.15) is 0 Å². The summed E-state index contributed by atoms with van der Waals surface area (Å²) in [6.45, 7) is 9.53. The van der Waals surface area contributed by atoms with Crippen LogP contribution in [0.1, 0.15) is 51.1 Å². The zero-order valence-electron chi connectivity index (χ0n) is 13.1. The second-order valence-corrected chi connectivity index (χ2v) is 6.25. The number of benzene rings is 1. The monoisotopic (exact) mass is 274 g/mol. The standard InChI is InChI=1S/C18H30N2/c1-3-12-19-18(17-9-5-4-6-10-17)11-14-20-13-7-8-16(2)15-20/h4-6,9-10,16,18-19H,3,7-8,11-15H2,1-2H3. The minimum atomic E-state index is 0.508. The van der Waals surface area contributed by atoms with Crippen LogP contribution in [0.3, 0.4) is 0 Å². The van der Waals surface area contributed by atoms with E-state index in [0.29, 0.717) is 6.04 Å². The van der Waals surface area contributed by atoms with E-state index in [-0.39, 0.29) is 0 Å². The van der Waals surface area contributed by atoms with Gasteiger partial charge in [-0.25, -0.2) is 0 Å². The number of hydrogen-bond acceptors (Lipinski definition) is 2. The third-order valence-corrected chi connectivity index (χ3v) is 4.32. The SMILES string of the molecule is CCCNC(CCN1CCCC(C)C1)c1ccccc1. The first kappa shape index (κ1) is 15.5. The van der Waals surface area contributed by atoms with Crippen LogP contribution >= 0.6 is 0 Å². The highest BCUT2D eigenvalue weighted by Crippen LogP contribution is 2.20. The van der Waals surface area contributed by atoms with Crippen LogP contribution in [0.4, 0.5) is 0 Å². The summed E-state index contributed by atoms with van der Waals surface area (Å²) in [6.07, 6.45) is 5.20. The van der Waals surface area contributed by atoms with Crippen LogP contribution in [0.25, 0.3) is 0 Å². The molecule has 0 radical (unpaired) electrons. The molecule has 0 bridgehead atoms. The topological polar surface area (TPSA) is 15.3 Å². The first-order chi connectivity index (χ1) is 9.79. The summed E-state index contributed by atoms with van der Waals surface area (Å²) in [5.41, 5.74) is 1.44. The molecule has 112 valence electrons. The molecule has 1 aromatic carbocycles. The molecule has 0 aromatic heterocycles. The van der Waals surface area contributed by atoms with Gasteiger partial charge in [0, 0.05) is 12.6 Å². The van der Waals surface area contributed by atoms with E-state index in [0.717, 1.165) is 12.5 Å². The van der Waals surface area contributed by atoms with E-state index in [1.807, 2.05) is 0 Å². The van der Waals surface area contributed by atoms with Gasteiger partial charge in [-0.05, 0) is 56.8 Å². The Morgan fingerprint density at radius 2 is 2.10 bits per heavy atom. The van der Waals surface area contributed by atoms with Gasteiger partial charge in [-0.3, -0.25) is 0 Å². The summed E-state index contributed by atoms with van der Waals surface area (Å²) in [6, 6.07) is 11.4. The molecule has 2 atom stereocenters. The van der Waals surface area contributed by atoms with E-state index < -0.39 is 0 Å². The van der Waals surface area contributed by atoms with Crippen molar-refractivity contribution in [1.29, 1.82) is 0 Å². The van der Waals surface area contributed by atoms with E-state index in [1.54, 1.807) is 0 Å². The van der Waals surface area contributed by atoms with Gasteiger partial charge in [0.05, 0.1) is 0 Å². The highest BCUT2D eigenvalue weighted by atomic mass is 15.1. The van der Waals surface area contributed by atoms with Crippen LogP contribution in [0.5, 0.6) is 0 Å². The molecule has 1 N–H and O–H groups in total. The average molecular weight is 274 g/mol. The second kappa shape index (κ2) is 8.43. The Kier molecular flexibility index (Phi) is 6.55. The second-order valence-electron chi connectivity index (χ2n) is 6.25. The molecule has 0 aliphatic carbocycles. The van der Waals surface area contributed by atoms with Gasteiger partial charge in [-0.1, -0.05) is 44.2 Å². The van der Waals surface area contributed by atoms with Crippen molar-refractivity contribution in [1.82, 2.24) is 10.2 Å². The lowest BCUT2D eigenvalue weighted by molar-refractivity contribution is 0.176. The minimum absolute atomic E-state index is 0.508. The number of rotatable bonds is 7. The van der Waals surface area contributed by atoms with Gasteiger partial charge in [-0.15, -0.1) is 0 Å². The van der Waals surface area contributed by atoms with Gasteiger partial charge < -0.3 is 10.2 Å². The third-order valence-electron chi connectivity index (χ3n) is 4.32. The van der Waals surface area contributed by atoms with Crippen LogP contribution in [0.2, 0.25) is 0 Å². The number of hydrogen-bond donors (Lipinski definition) is 1. The maximum atomic E-state index is 3.71. The molecule has 1 saturated heterocycles. The molecular weight excluding hydrogens is 244 g/mol. The van der Waals surface area contributed by atoms with E-state index in [9.17, 15) is 0 Å². The lowest BCUT2D eigenvalue weighted by atomic mass is 9.98. The van der Waals surface area contributed by atoms with Crippen LogP contribution in [0, 0.1) is 5.92 Å². The van der Waals surface area contributed by atoms with Crippen LogP contribution in [0.15, 0.2) is 30.3 Å². The molecule has 0 amide bonds. The van der Waals surface area contributed by atoms with Crippen molar-refractivity contribution in [3.63, 3.8) is 0 Å². The molecule has 0 saturated carbocycles. The Morgan fingerprint density at radius 3 is 2.80 bits per heavy atom. The predicted molar refractivity (Wildman–Crippen MR) is 86.9 cm³/mol. The summed E-state index contributed by atoms with van der Waals surface area (Å²) in [5.74, 6) is 0.877. The molecule has 0 spiro atoms. The molecule has 2 heteroatoms. The fourth-order valence-corrected chi connectivity index (χ4v) is 3.19. The fourth-order valence-electron chi connectivity index (χ4n) is 3.19. The van der Waals surface area contributed by atoms with E-state index in [1.165, 1.54) is 50.9 Å². The molecule has 20 heavy (non-hydrogen) atoms. The van der Waals surface area contributed by atoms with Gasteiger partial charge in [0.2, 0.25) is 0 Å². The normalized spacial score (nSPS) is 21.8. The smallest absolute Gasteiger partial charge is 0.0332 e. The zero-order valence-corrected chi connectivity index (χ0v) is 13.1. The van der Waals surface area contributed by atoms with E-state index in [2.05, 4.69) is 54.4 Å². The number of piperidine rings is 1. The first-order valence-corrected chi connectivity index (χ1v) is 8.30. The highest BCUT2D eigenvalue weighted by molar-refractivity contribution is 5.18. The lowest BCUT2D eigenvalue weighted by Gasteiger charge is -2.32. The Hall–Kier alpha value is -0.860. The van der Waals surface area contributed by atoms with Crippen molar-refractivity contribution in [2.75, 3.05) is 26.2 Å². The third kappa shape index (κ3) is 4.92. The highest BCUT2D eigenvalue weighted by Gasteiger charge is 2.18. The first-order valence-electron chi connectivity index (χ1n) is 8.30.